The van der Waals surface area contributed by atoms with Crippen molar-refractivity contribution in [1.29, 1.82) is 0 Å². The Morgan fingerprint density at radius 3 is 2.85 bits per heavy atom. The largest absolute Gasteiger partial charge is 0.506 e. The summed E-state index contributed by atoms with van der Waals surface area (Å²) in [5.41, 5.74) is 2.67. The van der Waals surface area contributed by atoms with E-state index in [1.165, 1.54) is 0 Å². The molecule has 0 spiro atoms. The molecular formula is C21H18N2O4. The Hall–Kier alpha value is -3.28. The summed E-state index contributed by atoms with van der Waals surface area (Å²) >= 11 is 0. The summed E-state index contributed by atoms with van der Waals surface area (Å²) in [6.07, 6.45) is 0.738. The van der Waals surface area contributed by atoms with Gasteiger partial charge in [-0.15, -0.1) is 0 Å². The second-order valence-corrected chi connectivity index (χ2v) is 7.02. The summed E-state index contributed by atoms with van der Waals surface area (Å²) in [4.78, 5) is 28.0. The first kappa shape index (κ1) is 15.9. The zero-order valence-electron chi connectivity index (χ0n) is 14.9. The lowest BCUT2D eigenvalue weighted by Crippen LogP contribution is -2.37. The number of hydrogen-bond donors (Lipinski definition) is 1. The topological polar surface area (TPSA) is 71.8 Å². The number of carbonyl (C=O) groups excluding carboxylic acids is 1. The molecule has 136 valence electrons. The number of anilines is 1. The van der Waals surface area contributed by atoms with E-state index in [4.69, 9.17) is 4.74 Å². The number of fused-ring (bicyclic) bond motifs is 1. The number of aromatic hydroxyl groups is 1. The zero-order chi connectivity index (χ0) is 18.7. The minimum atomic E-state index is -0.470. The summed E-state index contributed by atoms with van der Waals surface area (Å²) in [5.74, 6) is -0.159. The molecule has 2 aliphatic rings. The van der Waals surface area contributed by atoms with Gasteiger partial charge in [0.15, 0.2) is 0 Å². The van der Waals surface area contributed by atoms with E-state index >= 15 is 0 Å². The highest BCUT2D eigenvalue weighted by Gasteiger charge is 2.32. The Morgan fingerprint density at radius 1 is 1.19 bits per heavy atom. The molecule has 0 bridgehead atoms. The van der Waals surface area contributed by atoms with Crippen LogP contribution in [0.15, 0.2) is 41.2 Å². The number of amides is 1. The van der Waals surface area contributed by atoms with E-state index in [0.29, 0.717) is 36.3 Å². The van der Waals surface area contributed by atoms with Crippen molar-refractivity contribution in [3.05, 3.63) is 63.4 Å². The number of ether oxygens (including phenoxy) is 1. The monoisotopic (exact) mass is 362 g/mol. The fourth-order valence-corrected chi connectivity index (χ4v) is 4.12. The van der Waals surface area contributed by atoms with E-state index in [2.05, 4.69) is 0 Å². The van der Waals surface area contributed by atoms with Crippen molar-refractivity contribution in [3.8, 4) is 11.5 Å². The summed E-state index contributed by atoms with van der Waals surface area (Å²) in [6, 6.07) is 11.3. The zero-order valence-corrected chi connectivity index (χ0v) is 14.9. The molecule has 3 aromatic rings. The van der Waals surface area contributed by atoms with Crippen molar-refractivity contribution in [2.24, 2.45) is 0 Å². The second-order valence-electron chi connectivity index (χ2n) is 7.02. The molecule has 3 heterocycles. The fourth-order valence-electron chi connectivity index (χ4n) is 4.12. The van der Waals surface area contributed by atoms with Crippen LogP contribution in [-0.2, 0) is 13.0 Å². The molecule has 0 atom stereocenters. The lowest BCUT2D eigenvalue weighted by molar-refractivity contribution is 0.0984. The maximum absolute atomic E-state index is 13.3. The number of pyridine rings is 1. The van der Waals surface area contributed by atoms with Crippen molar-refractivity contribution in [2.45, 2.75) is 19.9 Å². The third kappa shape index (κ3) is 2.19. The van der Waals surface area contributed by atoms with Gasteiger partial charge in [0.1, 0.15) is 23.7 Å². The highest BCUT2D eigenvalue weighted by Crippen LogP contribution is 2.37. The standard InChI is InChI=1S/C21H18N2O4/c1-12-10-14-18-16(11-12)27-9-8-23(18)21(26)17(19(14)24)20(25)22-7-6-13-4-2-3-5-15(13)22/h2-5,10-11,24H,6-9H2,1H3. The normalized spacial score (nSPS) is 14.9. The predicted molar refractivity (Wildman–Crippen MR) is 102 cm³/mol. The third-order valence-corrected chi connectivity index (χ3v) is 5.36. The first-order valence-electron chi connectivity index (χ1n) is 8.99. The van der Waals surface area contributed by atoms with Gasteiger partial charge in [0, 0.05) is 17.6 Å². The van der Waals surface area contributed by atoms with Gasteiger partial charge < -0.3 is 19.3 Å². The first-order chi connectivity index (χ1) is 13.1. The molecular weight excluding hydrogens is 344 g/mol. The van der Waals surface area contributed by atoms with Crippen LogP contribution in [0.4, 0.5) is 5.69 Å². The van der Waals surface area contributed by atoms with Crippen LogP contribution < -0.4 is 15.2 Å². The van der Waals surface area contributed by atoms with Crippen LogP contribution in [0.3, 0.4) is 0 Å². The van der Waals surface area contributed by atoms with Gasteiger partial charge in [0.25, 0.3) is 11.5 Å². The van der Waals surface area contributed by atoms with Crippen molar-refractivity contribution >= 4 is 22.5 Å². The minimum absolute atomic E-state index is 0.169. The molecule has 0 unspecified atom stereocenters. The van der Waals surface area contributed by atoms with E-state index in [1.54, 1.807) is 15.5 Å². The predicted octanol–water partition coefficient (Wildman–Crippen LogP) is 2.61. The smallest absolute Gasteiger partial charge is 0.267 e. The molecule has 0 fully saturated rings. The van der Waals surface area contributed by atoms with E-state index in [-0.39, 0.29) is 11.3 Å². The number of carbonyl (C=O) groups is 1. The van der Waals surface area contributed by atoms with Crippen LogP contribution in [0.2, 0.25) is 0 Å². The Morgan fingerprint density at radius 2 is 2.00 bits per heavy atom. The molecule has 6 nitrogen and oxygen atoms in total. The molecule has 27 heavy (non-hydrogen) atoms. The van der Waals surface area contributed by atoms with E-state index < -0.39 is 11.5 Å². The molecule has 0 aliphatic carbocycles. The highest BCUT2D eigenvalue weighted by molar-refractivity contribution is 6.11. The molecule has 0 saturated carbocycles. The SMILES string of the molecule is Cc1cc2c3c(c1)c(O)c(C(=O)N1CCc4ccccc41)c(=O)n3CCO2. The maximum atomic E-state index is 13.3. The number of aromatic nitrogens is 1. The van der Waals surface area contributed by atoms with Gasteiger partial charge in [-0.1, -0.05) is 18.2 Å². The Kier molecular flexibility index (Phi) is 3.31. The van der Waals surface area contributed by atoms with Crippen LogP contribution in [-0.4, -0.2) is 28.7 Å². The number of aryl methyl sites for hydroxylation is 1. The lowest BCUT2D eigenvalue weighted by atomic mass is 10.0. The molecule has 1 amide bonds. The number of nitrogens with zero attached hydrogens (tertiary/aromatic N) is 2. The van der Waals surface area contributed by atoms with Crippen molar-refractivity contribution in [3.63, 3.8) is 0 Å². The lowest BCUT2D eigenvalue weighted by Gasteiger charge is -2.24. The minimum Gasteiger partial charge on any atom is -0.506 e. The Bertz CT molecular complexity index is 1180. The van der Waals surface area contributed by atoms with Crippen LogP contribution in [0.1, 0.15) is 21.5 Å². The molecule has 1 aromatic heterocycles. The molecule has 2 aromatic carbocycles. The van der Waals surface area contributed by atoms with Gasteiger partial charge in [0.2, 0.25) is 0 Å². The van der Waals surface area contributed by atoms with Crippen LogP contribution in [0.5, 0.6) is 11.5 Å². The van der Waals surface area contributed by atoms with Gasteiger partial charge >= 0.3 is 0 Å². The first-order valence-corrected chi connectivity index (χ1v) is 8.99. The van der Waals surface area contributed by atoms with Crippen LogP contribution in [0, 0.1) is 6.92 Å². The van der Waals surface area contributed by atoms with E-state index in [1.807, 2.05) is 37.3 Å². The van der Waals surface area contributed by atoms with Gasteiger partial charge in [-0.25, -0.2) is 0 Å². The average molecular weight is 362 g/mol. The van der Waals surface area contributed by atoms with Crippen molar-refractivity contribution < 1.29 is 14.6 Å². The summed E-state index contributed by atoms with van der Waals surface area (Å²) in [5, 5.41) is 11.4. The Labute approximate surface area is 155 Å². The van der Waals surface area contributed by atoms with E-state index in [9.17, 15) is 14.7 Å². The van der Waals surface area contributed by atoms with Gasteiger partial charge in [-0.2, -0.15) is 0 Å². The van der Waals surface area contributed by atoms with Crippen LogP contribution >= 0.6 is 0 Å². The summed E-state index contributed by atoms with van der Waals surface area (Å²) in [7, 11) is 0. The molecule has 5 rings (SSSR count). The van der Waals surface area contributed by atoms with Crippen molar-refractivity contribution in [2.75, 3.05) is 18.1 Å². The third-order valence-electron chi connectivity index (χ3n) is 5.36. The number of hydrogen-bond acceptors (Lipinski definition) is 4. The number of benzene rings is 2. The Balaban J connectivity index is 1.75. The van der Waals surface area contributed by atoms with Gasteiger partial charge in [-0.05, 0) is 42.7 Å². The summed E-state index contributed by atoms with van der Waals surface area (Å²) in [6.45, 7) is 3.09. The average Bonchev–Trinajstić information content (AvgIpc) is 3.09. The highest BCUT2D eigenvalue weighted by atomic mass is 16.5. The van der Waals surface area contributed by atoms with Gasteiger partial charge in [-0.3, -0.25) is 9.59 Å². The maximum Gasteiger partial charge on any atom is 0.267 e. The number of rotatable bonds is 1. The molecule has 6 heteroatoms. The molecule has 0 saturated heterocycles. The number of para-hydroxylation sites is 1. The van der Waals surface area contributed by atoms with Crippen LogP contribution in [0.25, 0.3) is 10.9 Å². The second kappa shape index (κ2) is 5.61. The molecule has 2 aliphatic heterocycles. The van der Waals surface area contributed by atoms with Crippen molar-refractivity contribution in [1.82, 2.24) is 4.57 Å². The van der Waals surface area contributed by atoms with E-state index in [0.717, 1.165) is 23.2 Å². The molecule has 0 radical (unpaired) electrons. The quantitative estimate of drug-likeness (QED) is 0.722. The molecule has 1 N–H and O–H groups in total. The van der Waals surface area contributed by atoms with Gasteiger partial charge in [0.05, 0.1) is 12.1 Å². The summed E-state index contributed by atoms with van der Waals surface area (Å²) < 4.78 is 7.21. The fraction of sp³-hybridized carbons (Fsp3) is 0.238.